The van der Waals surface area contributed by atoms with Crippen LogP contribution in [0.4, 0.5) is 5.69 Å². The molecule has 0 aliphatic carbocycles. The van der Waals surface area contributed by atoms with Crippen LogP contribution in [-0.4, -0.2) is 40.8 Å². The number of hydrogen-bond acceptors (Lipinski definition) is 6. The lowest BCUT2D eigenvalue weighted by Gasteiger charge is -2.19. The van der Waals surface area contributed by atoms with Gasteiger partial charge in [-0.2, -0.15) is 0 Å². The lowest BCUT2D eigenvalue weighted by atomic mass is 10.2. The van der Waals surface area contributed by atoms with Gasteiger partial charge in [0.25, 0.3) is 0 Å². The molecule has 1 aromatic carbocycles. The van der Waals surface area contributed by atoms with Crippen LogP contribution in [0.5, 0.6) is 0 Å². The molecule has 3 rings (SSSR count). The van der Waals surface area contributed by atoms with Crippen LogP contribution < -0.4 is 5.32 Å². The molecule has 0 spiro atoms. The summed E-state index contributed by atoms with van der Waals surface area (Å²) in [5.74, 6) is -0.576. The lowest BCUT2D eigenvalue weighted by molar-refractivity contribution is -0.150. The van der Waals surface area contributed by atoms with Crippen molar-refractivity contribution in [2.24, 2.45) is 0 Å². The van der Waals surface area contributed by atoms with Crippen LogP contribution in [0.1, 0.15) is 41.9 Å². The average Bonchev–Trinajstić information content (AvgIpc) is 3.04. The van der Waals surface area contributed by atoms with Gasteiger partial charge in [0.1, 0.15) is 18.2 Å². The van der Waals surface area contributed by atoms with E-state index in [1.807, 2.05) is 31.2 Å². The predicted octanol–water partition coefficient (Wildman–Crippen LogP) is 3.08. The molecular formula is C21H25N3O4S. The van der Waals surface area contributed by atoms with Crippen molar-refractivity contribution in [1.29, 1.82) is 0 Å². The number of rotatable bonds is 7. The van der Waals surface area contributed by atoms with Gasteiger partial charge >= 0.3 is 5.97 Å². The van der Waals surface area contributed by atoms with Gasteiger partial charge < -0.3 is 15.0 Å². The van der Waals surface area contributed by atoms with Crippen molar-refractivity contribution in [3.63, 3.8) is 0 Å². The van der Waals surface area contributed by atoms with Crippen LogP contribution in [-0.2, 0) is 32.1 Å². The smallest absolute Gasteiger partial charge is 0.326 e. The first-order chi connectivity index (χ1) is 14.0. The summed E-state index contributed by atoms with van der Waals surface area (Å²) in [5, 5.41) is 5.27. The number of ether oxygens (including phenoxy) is 1. The van der Waals surface area contributed by atoms with Crippen LogP contribution >= 0.6 is 11.3 Å². The van der Waals surface area contributed by atoms with Crippen molar-refractivity contribution in [3.05, 3.63) is 45.9 Å². The van der Waals surface area contributed by atoms with E-state index >= 15 is 0 Å². The second kappa shape index (κ2) is 10.2. The highest BCUT2D eigenvalue weighted by atomic mass is 32.1. The normalized spacial score (nSPS) is 14.4. The van der Waals surface area contributed by atoms with E-state index in [1.54, 1.807) is 10.3 Å². The maximum atomic E-state index is 12.2. The number of nitrogens with one attached hydrogen (secondary N) is 1. The zero-order chi connectivity index (χ0) is 20.6. The highest BCUT2D eigenvalue weighted by molar-refractivity contribution is 7.09. The Kier molecular flexibility index (Phi) is 7.35. The first-order valence-electron chi connectivity index (χ1n) is 9.73. The van der Waals surface area contributed by atoms with E-state index < -0.39 is 5.97 Å². The minimum absolute atomic E-state index is 0.00924. The van der Waals surface area contributed by atoms with Crippen LogP contribution in [0.2, 0.25) is 0 Å². The molecule has 0 saturated carbocycles. The van der Waals surface area contributed by atoms with Gasteiger partial charge in [0.2, 0.25) is 11.8 Å². The summed E-state index contributed by atoms with van der Waals surface area (Å²) >= 11 is 1.35. The van der Waals surface area contributed by atoms with Crippen LogP contribution in [0.25, 0.3) is 0 Å². The molecule has 1 fully saturated rings. The number of aryl methyl sites for hydroxylation is 1. The van der Waals surface area contributed by atoms with Gasteiger partial charge in [-0.25, -0.2) is 4.98 Å². The molecule has 2 amide bonds. The molecule has 0 atom stereocenters. The molecule has 154 valence electrons. The fraction of sp³-hybridized carbons (Fsp3) is 0.429. The molecule has 2 aromatic rings. The minimum Gasteiger partial charge on any atom is -0.458 e. The number of benzene rings is 1. The van der Waals surface area contributed by atoms with Crippen molar-refractivity contribution in [2.45, 2.75) is 45.6 Å². The molecule has 8 heteroatoms. The fourth-order valence-electron chi connectivity index (χ4n) is 3.04. The lowest BCUT2D eigenvalue weighted by Crippen LogP contribution is -2.35. The van der Waals surface area contributed by atoms with Crippen LogP contribution in [0.3, 0.4) is 0 Å². The summed E-state index contributed by atoms with van der Waals surface area (Å²) in [7, 11) is 0. The molecule has 1 aromatic heterocycles. The third-order valence-corrected chi connectivity index (χ3v) is 5.52. The molecule has 1 aliphatic rings. The number of hydrogen-bond donors (Lipinski definition) is 1. The van der Waals surface area contributed by atoms with Gasteiger partial charge in [-0.15, -0.1) is 11.3 Å². The summed E-state index contributed by atoms with van der Waals surface area (Å²) in [6.45, 7) is 2.61. The Bertz CT molecular complexity index is 863. The largest absolute Gasteiger partial charge is 0.458 e. The molecule has 1 aliphatic heterocycles. The summed E-state index contributed by atoms with van der Waals surface area (Å²) in [6, 6.07) is 7.58. The highest BCUT2D eigenvalue weighted by Crippen LogP contribution is 2.15. The van der Waals surface area contributed by atoms with Gasteiger partial charge in [-0.05, 0) is 31.9 Å². The maximum absolute atomic E-state index is 12.2. The molecule has 0 unspecified atom stereocenters. The Morgan fingerprint density at radius 3 is 2.79 bits per heavy atom. The monoisotopic (exact) mass is 415 g/mol. The third-order valence-electron chi connectivity index (χ3n) is 4.62. The Labute approximate surface area is 174 Å². The quantitative estimate of drug-likeness (QED) is 0.702. The van der Waals surface area contributed by atoms with Crippen molar-refractivity contribution < 1.29 is 19.1 Å². The number of likely N-dealkylation sites (tertiary alicyclic amines) is 1. The van der Waals surface area contributed by atoms with Gasteiger partial charge in [-0.3, -0.25) is 14.4 Å². The Morgan fingerprint density at radius 2 is 2.00 bits per heavy atom. The topological polar surface area (TPSA) is 88.6 Å². The van der Waals surface area contributed by atoms with Gasteiger partial charge in [0, 0.05) is 24.0 Å². The van der Waals surface area contributed by atoms with E-state index in [-0.39, 0.29) is 31.4 Å². The fourth-order valence-corrected chi connectivity index (χ4v) is 3.81. The number of aromatic nitrogens is 1. The Hall–Kier alpha value is -2.74. The SMILES string of the molecule is Cc1ccc(NC(=O)Cc2nc(COC(=O)CN3CCCCCC3=O)cs2)cc1. The number of thiazole rings is 1. The van der Waals surface area contributed by atoms with Gasteiger partial charge in [0.15, 0.2) is 0 Å². The molecule has 1 N–H and O–H groups in total. The zero-order valence-electron chi connectivity index (χ0n) is 16.5. The van der Waals surface area contributed by atoms with Gasteiger partial charge in [-0.1, -0.05) is 24.1 Å². The van der Waals surface area contributed by atoms with Crippen molar-refractivity contribution in [2.75, 3.05) is 18.4 Å². The van der Waals surface area contributed by atoms with Crippen LogP contribution in [0, 0.1) is 6.92 Å². The van der Waals surface area contributed by atoms with Crippen molar-refractivity contribution in [1.82, 2.24) is 9.88 Å². The molecule has 0 radical (unpaired) electrons. The summed E-state index contributed by atoms with van der Waals surface area (Å²) < 4.78 is 5.26. The highest BCUT2D eigenvalue weighted by Gasteiger charge is 2.20. The Balaban J connectivity index is 1.43. The van der Waals surface area contributed by atoms with E-state index in [0.717, 1.165) is 30.5 Å². The second-order valence-electron chi connectivity index (χ2n) is 7.11. The first kappa shape index (κ1) is 21.0. The number of carbonyl (C=O) groups is 3. The molecule has 2 heterocycles. The number of esters is 1. The van der Waals surface area contributed by atoms with E-state index in [4.69, 9.17) is 4.74 Å². The van der Waals surface area contributed by atoms with E-state index in [2.05, 4.69) is 10.3 Å². The minimum atomic E-state index is -0.438. The number of anilines is 1. The molecule has 7 nitrogen and oxygen atoms in total. The van der Waals surface area contributed by atoms with E-state index in [1.165, 1.54) is 11.3 Å². The summed E-state index contributed by atoms with van der Waals surface area (Å²) in [5.41, 5.74) is 2.47. The second-order valence-corrected chi connectivity index (χ2v) is 8.05. The van der Waals surface area contributed by atoms with E-state index in [0.29, 0.717) is 23.7 Å². The molecule has 1 saturated heterocycles. The van der Waals surface area contributed by atoms with Crippen LogP contribution in [0.15, 0.2) is 29.6 Å². The number of amides is 2. The van der Waals surface area contributed by atoms with E-state index in [9.17, 15) is 14.4 Å². The Morgan fingerprint density at radius 1 is 1.21 bits per heavy atom. The molecule has 0 bridgehead atoms. The zero-order valence-corrected chi connectivity index (χ0v) is 17.3. The standard InChI is InChI=1S/C21H25N3O4S/c1-15-6-8-16(9-7-15)22-18(25)11-19-23-17(14-29-19)13-28-21(27)12-24-10-4-2-3-5-20(24)26/h6-9,14H,2-5,10-13H2,1H3,(H,22,25). The number of carbonyl (C=O) groups excluding carboxylic acids is 3. The van der Waals surface area contributed by atoms with Crippen molar-refractivity contribution in [3.8, 4) is 0 Å². The summed E-state index contributed by atoms with van der Waals surface area (Å²) in [6.07, 6.45) is 3.46. The summed E-state index contributed by atoms with van der Waals surface area (Å²) in [4.78, 5) is 42.1. The molecular weight excluding hydrogens is 390 g/mol. The third kappa shape index (κ3) is 6.67. The average molecular weight is 416 g/mol. The van der Waals surface area contributed by atoms with Crippen molar-refractivity contribution >= 4 is 34.8 Å². The molecule has 29 heavy (non-hydrogen) atoms. The van der Waals surface area contributed by atoms with Gasteiger partial charge in [0.05, 0.1) is 12.1 Å². The first-order valence-corrected chi connectivity index (χ1v) is 10.6. The maximum Gasteiger partial charge on any atom is 0.326 e. The number of nitrogens with zero attached hydrogens (tertiary/aromatic N) is 2. The predicted molar refractivity (Wildman–Crippen MR) is 110 cm³/mol.